The van der Waals surface area contributed by atoms with Gasteiger partial charge >= 0.3 is 0 Å². The molecule has 0 unspecified atom stereocenters. The van der Waals surface area contributed by atoms with Crippen molar-refractivity contribution in [2.24, 2.45) is 0 Å². The molecule has 10 heavy (non-hydrogen) atoms. The van der Waals surface area contributed by atoms with E-state index in [1.165, 1.54) is 0 Å². The second-order valence-electron chi connectivity index (χ2n) is 2.37. The molecule has 0 N–H and O–H groups in total. The Balaban J connectivity index is 3.21. The number of hydrogen-bond acceptors (Lipinski definition) is 1. The van der Waals surface area contributed by atoms with Crippen LogP contribution in [-0.4, -0.2) is 7.11 Å². The van der Waals surface area contributed by atoms with Crippen molar-refractivity contribution in [3.05, 3.63) is 29.3 Å². The summed E-state index contributed by atoms with van der Waals surface area (Å²) in [6.07, 6.45) is 0. The summed E-state index contributed by atoms with van der Waals surface area (Å²) in [4.78, 5) is 0. The van der Waals surface area contributed by atoms with E-state index in [1.54, 1.807) is 7.11 Å². The largest absolute Gasteiger partial charge is 0.497 e. The van der Waals surface area contributed by atoms with Gasteiger partial charge in [0.25, 0.3) is 0 Å². The van der Waals surface area contributed by atoms with Crippen molar-refractivity contribution >= 4 is 0 Å². The van der Waals surface area contributed by atoms with E-state index in [4.69, 9.17) is 6.11 Å². The van der Waals surface area contributed by atoms with Crippen molar-refractivity contribution in [3.8, 4) is 5.75 Å². The lowest BCUT2D eigenvalue weighted by Gasteiger charge is -2.02. The molecule has 1 heteroatoms. The van der Waals surface area contributed by atoms with Crippen LogP contribution in [0.4, 0.5) is 0 Å². The Morgan fingerprint density at radius 1 is 1.40 bits per heavy atom. The maximum atomic E-state index is 7.48. The Bertz CT molecular complexity index is 269. The van der Waals surface area contributed by atoms with Crippen LogP contribution < -0.4 is 4.74 Å². The topological polar surface area (TPSA) is 9.23 Å². The first kappa shape index (κ1) is 5.78. The molecule has 0 aliphatic rings. The summed E-state index contributed by atoms with van der Waals surface area (Å²) in [6.45, 7) is 4.00. The molecule has 0 aliphatic carbocycles. The minimum absolute atomic E-state index is 0.454. The van der Waals surface area contributed by atoms with Crippen molar-refractivity contribution in [1.82, 2.24) is 0 Å². The summed E-state index contributed by atoms with van der Waals surface area (Å²) in [5.74, 6) is 0.646. The quantitative estimate of drug-likeness (QED) is 0.578. The third-order valence-corrected chi connectivity index (χ3v) is 1.62. The van der Waals surface area contributed by atoms with Gasteiger partial charge in [0, 0.05) is 0 Å². The summed E-state index contributed by atoms with van der Waals surface area (Å²) < 4.78 is 12.5. The molecule has 0 amide bonds. The van der Waals surface area contributed by atoms with E-state index in [0.717, 1.165) is 11.1 Å². The van der Waals surface area contributed by atoms with Gasteiger partial charge in [-0.25, -0.2) is 0 Å². The van der Waals surface area contributed by atoms with Crippen molar-refractivity contribution in [2.45, 2.75) is 13.8 Å². The first-order chi connectivity index (χ1) is 5.15. The zero-order chi connectivity index (χ0) is 8.43. The highest BCUT2D eigenvalue weighted by molar-refractivity contribution is 5.33. The van der Waals surface area contributed by atoms with Crippen LogP contribution in [-0.2, 0) is 0 Å². The maximum absolute atomic E-state index is 7.48. The smallest absolute Gasteiger partial charge is 0.119 e. The van der Waals surface area contributed by atoms with Gasteiger partial charge in [-0.05, 0) is 37.1 Å². The van der Waals surface area contributed by atoms with E-state index in [-0.39, 0.29) is 0 Å². The Hall–Kier alpha value is -0.980. The van der Waals surface area contributed by atoms with Gasteiger partial charge in [0.2, 0.25) is 0 Å². The molecular weight excluding hydrogens is 124 g/mol. The molecule has 0 spiro atoms. The van der Waals surface area contributed by atoms with Crippen LogP contribution in [0, 0.1) is 13.8 Å². The Morgan fingerprint density at radius 2 is 2.10 bits per heavy atom. The molecule has 1 rings (SSSR count). The third kappa shape index (κ3) is 1.29. The average molecular weight is 138 g/mol. The van der Waals surface area contributed by atoms with Crippen molar-refractivity contribution in [1.29, 1.82) is 0 Å². The summed E-state index contributed by atoms with van der Waals surface area (Å²) in [5.41, 5.74) is 2.30. The lowest BCUT2D eigenvalue weighted by molar-refractivity contribution is 0.414. The molecule has 0 radical (unpaired) electrons. The minimum atomic E-state index is 0.454. The van der Waals surface area contributed by atoms with E-state index in [9.17, 15) is 0 Å². The van der Waals surface area contributed by atoms with Gasteiger partial charge < -0.3 is 4.74 Å². The summed E-state index contributed by atoms with van der Waals surface area (Å²) in [7, 11) is 1.59. The fourth-order valence-corrected chi connectivity index (χ4v) is 0.763. The Labute approximate surface area is 63.0 Å². The number of rotatable bonds is 1. The second kappa shape index (κ2) is 2.74. The highest BCUT2D eigenvalue weighted by atomic mass is 16.5. The Morgan fingerprint density at radius 3 is 2.70 bits per heavy atom. The van der Waals surface area contributed by atoms with Gasteiger partial charge in [0.15, 0.2) is 0 Å². The van der Waals surface area contributed by atoms with Crippen LogP contribution in [0.2, 0.25) is 0 Å². The molecule has 0 heterocycles. The predicted octanol–water partition coefficient (Wildman–Crippen LogP) is 2.31. The van der Waals surface area contributed by atoms with E-state index in [2.05, 4.69) is 0 Å². The number of benzene rings is 1. The van der Waals surface area contributed by atoms with Gasteiger partial charge in [-0.1, -0.05) is 6.07 Å². The van der Waals surface area contributed by atoms with Crippen molar-refractivity contribution in [3.63, 3.8) is 0 Å². The molecule has 0 saturated heterocycles. The summed E-state index contributed by atoms with van der Waals surface area (Å²) >= 11 is 0. The highest BCUT2D eigenvalue weighted by Crippen LogP contribution is 2.15. The molecule has 0 fully saturated rings. The minimum Gasteiger partial charge on any atom is -0.497 e. The van der Waals surface area contributed by atoms with Crippen LogP contribution >= 0.6 is 0 Å². The molecule has 1 aromatic rings. The van der Waals surface area contributed by atoms with Gasteiger partial charge in [0.05, 0.1) is 8.48 Å². The lowest BCUT2D eigenvalue weighted by atomic mass is 10.1. The highest BCUT2D eigenvalue weighted by Gasteiger charge is 1.93. The SMILES string of the molecule is [3H]c1cc(C)c(C)cc1OC. The van der Waals surface area contributed by atoms with Gasteiger partial charge in [-0.15, -0.1) is 0 Å². The number of aryl methyl sites for hydroxylation is 2. The van der Waals surface area contributed by atoms with Gasteiger partial charge in [-0.2, -0.15) is 0 Å². The van der Waals surface area contributed by atoms with Crippen LogP contribution in [0.5, 0.6) is 5.75 Å². The first-order valence-electron chi connectivity index (χ1n) is 3.77. The molecule has 0 aromatic heterocycles. The molecular formula is C9H12O. The molecule has 0 aliphatic heterocycles. The molecule has 0 saturated carbocycles. The maximum Gasteiger partial charge on any atom is 0.119 e. The monoisotopic (exact) mass is 138 g/mol. The fraction of sp³-hybridized carbons (Fsp3) is 0.333. The molecule has 54 valence electrons. The summed E-state index contributed by atoms with van der Waals surface area (Å²) in [6, 6.07) is 4.15. The van der Waals surface area contributed by atoms with Crippen molar-refractivity contribution in [2.75, 3.05) is 7.11 Å². The van der Waals surface area contributed by atoms with Crippen LogP contribution in [0.25, 0.3) is 0 Å². The van der Waals surface area contributed by atoms with Crippen LogP contribution in [0.1, 0.15) is 12.5 Å². The van der Waals surface area contributed by atoms with E-state index in [0.29, 0.717) is 11.8 Å². The fourth-order valence-electron chi connectivity index (χ4n) is 0.763. The van der Waals surface area contributed by atoms with Gasteiger partial charge in [0.1, 0.15) is 5.75 Å². The van der Waals surface area contributed by atoms with Crippen LogP contribution in [0.3, 0.4) is 0 Å². The third-order valence-electron chi connectivity index (χ3n) is 1.62. The zero-order valence-corrected chi connectivity index (χ0v) is 6.56. The van der Waals surface area contributed by atoms with E-state index >= 15 is 0 Å². The number of methoxy groups -OCH3 is 1. The average Bonchev–Trinajstić information content (AvgIpc) is 1.97. The summed E-state index contributed by atoms with van der Waals surface area (Å²) in [5, 5.41) is 0. The number of hydrogen-bond donors (Lipinski definition) is 0. The normalized spacial score (nSPS) is 10.9. The second-order valence-corrected chi connectivity index (χ2v) is 2.37. The predicted molar refractivity (Wildman–Crippen MR) is 42.5 cm³/mol. The standard InChI is InChI=1S/C9H12O/c1-7-4-5-9(10-3)6-8(7)2/h4-6H,1-3H3/i5T. The molecule has 0 atom stereocenters. The van der Waals surface area contributed by atoms with E-state index < -0.39 is 0 Å². The number of ether oxygens (including phenoxy) is 1. The first-order valence-corrected chi connectivity index (χ1v) is 3.27. The zero-order valence-electron chi connectivity index (χ0n) is 7.56. The lowest BCUT2D eigenvalue weighted by Crippen LogP contribution is -1.85. The van der Waals surface area contributed by atoms with Gasteiger partial charge in [-0.3, -0.25) is 0 Å². The molecule has 1 nitrogen and oxygen atoms in total. The van der Waals surface area contributed by atoms with Crippen LogP contribution in [0.15, 0.2) is 18.2 Å². The molecule has 1 aromatic carbocycles. The Kier molecular flexibility index (Phi) is 1.58. The van der Waals surface area contributed by atoms with Crippen molar-refractivity contribution < 1.29 is 6.11 Å². The molecule has 0 bridgehead atoms. The van der Waals surface area contributed by atoms with E-state index in [1.807, 2.05) is 26.0 Å².